The van der Waals surface area contributed by atoms with E-state index in [4.69, 9.17) is 5.11 Å². The van der Waals surface area contributed by atoms with Gasteiger partial charge < -0.3 is 15.3 Å². The Hall–Kier alpha value is -2.08. The van der Waals surface area contributed by atoms with Crippen molar-refractivity contribution in [3.63, 3.8) is 0 Å². The van der Waals surface area contributed by atoms with E-state index >= 15 is 0 Å². The molecule has 28 heavy (non-hydrogen) atoms. The third-order valence-corrected chi connectivity index (χ3v) is 6.50. The largest absolute Gasteiger partial charge is 0.480 e. The molecular formula is C22H33N3O3. The molecule has 2 amide bonds. The van der Waals surface area contributed by atoms with Crippen LogP contribution >= 0.6 is 0 Å². The van der Waals surface area contributed by atoms with Crippen molar-refractivity contribution in [2.45, 2.75) is 70.0 Å². The minimum Gasteiger partial charge on any atom is -0.480 e. The molecule has 0 spiro atoms. The maximum absolute atomic E-state index is 12.8. The summed E-state index contributed by atoms with van der Waals surface area (Å²) >= 11 is 0. The molecule has 2 N–H and O–H groups in total. The summed E-state index contributed by atoms with van der Waals surface area (Å²) in [5.74, 6) is -0.394. The van der Waals surface area contributed by atoms with Crippen molar-refractivity contribution >= 4 is 12.0 Å². The molecule has 1 aromatic rings. The van der Waals surface area contributed by atoms with Crippen LogP contribution in [0.25, 0.3) is 0 Å². The molecular weight excluding hydrogens is 354 g/mol. The number of hydrogen-bond acceptors (Lipinski definition) is 3. The van der Waals surface area contributed by atoms with Crippen molar-refractivity contribution in [1.82, 2.24) is 15.1 Å². The summed E-state index contributed by atoms with van der Waals surface area (Å²) in [6.45, 7) is 4.87. The maximum Gasteiger partial charge on any atom is 0.317 e. The number of carbonyl (C=O) groups is 2. The highest BCUT2D eigenvalue weighted by Crippen LogP contribution is 2.37. The van der Waals surface area contributed by atoms with Crippen LogP contribution in [0.15, 0.2) is 24.3 Å². The second-order valence-electron chi connectivity index (χ2n) is 8.35. The number of carbonyl (C=O) groups excluding carboxylic acids is 1. The highest BCUT2D eigenvalue weighted by molar-refractivity contribution is 5.75. The van der Waals surface area contributed by atoms with Gasteiger partial charge >= 0.3 is 12.0 Å². The van der Waals surface area contributed by atoms with E-state index in [0.29, 0.717) is 5.92 Å². The SMILES string of the molecule is CCN(CC(=O)O)C1CC(NC(=O)N(C)C2CCCC2c2ccc(C)cc2)C1. The standard InChI is InChI=1S/C22H33N3O3/c1-4-25(14-21(26)27)18-12-17(13-18)23-22(28)24(3)20-7-5-6-19(20)16-10-8-15(2)9-11-16/h8-11,17-20H,4-7,12-14H2,1-3H3,(H,23,28)(H,26,27). The lowest BCUT2D eigenvalue weighted by Gasteiger charge is -2.43. The molecule has 2 aliphatic carbocycles. The van der Waals surface area contributed by atoms with Crippen molar-refractivity contribution in [3.05, 3.63) is 35.4 Å². The van der Waals surface area contributed by atoms with Gasteiger partial charge in [0.05, 0.1) is 6.54 Å². The Morgan fingerprint density at radius 2 is 1.86 bits per heavy atom. The second-order valence-corrected chi connectivity index (χ2v) is 8.35. The van der Waals surface area contributed by atoms with E-state index in [2.05, 4.69) is 36.5 Å². The zero-order valence-corrected chi connectivity index (χ0v) is 17.2. The molecule has 0 heterocycles. The zero-order chi connectivity index (χ0) is 20.3. The van der Waals surface area contributed by atoms with Gasteiger partial charge in [0.1, 0.15) is 0 Å². The van der Waals surface area contributed by atoms with Gasteiger partial charge in [-0.25, -0.2) is 4.79 Å². The lowest BCUT2D eigenvalue weighted by atomic mass is 9.85. The van der Waals surface area contributed by atoms with Crippen LogP contribution in [0.2, 0.25) is 0 Å². The Bertz CT molecular complexity index is 685. The van der Waals surface area contributed by atoms with Crippen molar-refractivity contribution < 1.29 is 14.7 Å². The third-order valence-electron chi connectivity index (χ3n) is 6.50. The molecule has 1 aromatic carbocycles. The van der Waals surface area contributed by atoms with Crippen molar-refractivity contribution in [1.29, 1.82) is 0 Å². The molecule has 3 rings (SSSR count). The number of amides is 2. The Morgan fingerprint density at radius 3 is 2.46 bits per heavy atom. The predicted molar refractivity (Wildman–Crippen MR) is 110 cm³/mol. The van der Waals surface area contributed by atoms with Crippen LogP contribution in [-0.4, -0.2) is 65.2 Å². The molecule has 0 aliphatic heterocycles. The Morgan fingerprint density at radius 1 is 1.18 bits per heavy atom. The van der Waals surface area contributed by atoms with Gasteiger partial charge in [-0.1, -0.05) is 43.2 Å². The highest BCUT2D eigenvalue weighted by Gasteiger charge is 2.38. The number of hydrogen-bond donors (Lipinski definition) is 2. The minimum atomic E-state index is -0.794. The zero-order valence-electron chi connectivity index (χ0n) is 17.2. The number of carboxylic acid groups (broad SMARTS) is 1. The number of urea groups is 1. The number of nitrogens with zero attached hydrogens (tertiary/aromatic N) is 2. The van der Waals surface area contributed by atoms with Crippen LogP contribution in [0, 0.1) is 6.92 Å². The first-order valence-electron chi connectivity index (χ1n) is 10.4. The highest BCUT2D eigenvalue weighted by atomic mass is 16.4. The molecule has 2 atom stereocenters. The molecule has 0 radical (unpaired) electrons. The number of nitrogens with one attached hydrogen (secondary N) is 1. The molecule has 154 valence electrons. The number of rotatable bonds is 7. The summed E-state index contributed by atoms with van der Waals surface area (Å²) in [5, 5.41) is 12.2. The van der Waals surface area contributed by atoms with E-state index in [1.807, 2.05) is 23.8 Å². The minimum absolute atomic E-state index is 0.00579. The number of benzene rings is 1. The average Bonchev–Trinajstić information content (AvgIpc) is 3.12. The fourth-order valence-electron chi connectivity index (χ4n) is 4.71. The summed E-state index contributed by atoms with van der Waals surface area (Å²) in [6, 6.07) is 9.31. The summed E-state index contributed by atoms with van der Waals surface area (Å²) in [5.41, 5.74) is 2.58. The van der Waals surface area contributed by atoms with E-state index in [0.717, 1.165) is 38.6 Å². The van der Waals surface area contributed by atoms with Crippen molar-refractivity contribution in [2.75, 3.05) is 20.1 Å². The van der Waals surface area contributed by atoms with Gasteiger partial charge in [-0.05, 0) is 44.7 Å². The summed E-state index contributed by atoms with van der Waals surface area (Å²) in [7, 11) is 1.91. The Kier molecular flexibility index (Phi) is 6.60. The van der Waals surface area contributed by atoms with Crippen LogP contribution in [0.3, 0.4) is 0 Å². The maximum atomic E-state index is 12.8. The van der Waals surface area contributed by atoms with Gasteiger partial charge in [0.15, 0.2) is 0 Å². The second kappa shape index (κ2) is 8.95. The number of likely N-dealkylation sites (N-methyl/N-ethyl adjacent to an activating group) is 2. The first-order chi connectivity index (χ1) is 13.4. The quantitative estimate of drug-likeness (QED) is 0.754. The van der Waals surface area contributed by atoms with E-state index < -0.39 is 5.97 Å². The first-order valence-corrected chi connectivity index (χ1v) is 10.4. The molecule has 2 unspecified atom stereocenters. The molecule has 2 saturated carbocycles. The lowest BCUT2D eigenvalue weighted by Crippen LogP contribution is -2.57. The van der Waals surface area contributed by atoms with Crippen LogP contribution in [-0.2, 0) is 4.79 Å². The summed E-state index contributed by atoms with van der Waals surface area (Å²) in [6.07, 6.45) is 4.96. The fourth-order valence-corrected chi connectivity index (χ4v) is 4.71. The molecule has 2 fully saturated rings. The molecule has 6 nitrogen and oxygen atoms in total. The average molecular weight is 388 g/mol. The molecule has 0 bridgehead atoms. The molecule has 6 heteroatoms. The smallest absolute Gasteiger partial charge is 0.317 e. The fraction of sp³-hybridized carbons (Fsp3) is 0.636. The van der Waals surface area contributed by atoms with Gasteiger partial charge in [-0.3, -0.25) is 9.69 Å². The molecule has 2 aliphatic rings. The Labute approximate surface area is 167 Å². The predicted octanol–water partition coefficient (Wildman–Crippen LogP) is 3.21. The van der Waals surface area contributed by atoms with Crippen LogP contribution in [0.5, 0.6) is 0 Å². The molecule has 0 saturated heterocycles. The topological polar surface area (TPSA) is 72.9 Å². The Balaban J connectivity index is 1.52. The van der Waals surface area contributed by atoms with Crippen LogP contribution in [0.4, 0.5) is 4.79 Å². The van der Waals surface area contributed by atoms with Crippen LogP contribution in [0.1, 0.15) is 56.1 Å². The molecule has 0 aromatic heterocycles. The van der Waals surface area contributed by atoms with Gasteiger partial charge in [-0.2, -0.15) is 0 Å². The van der Waals surface area contributed by atoms with Gasteiger partial charge in [0, 0.05) is 31.1 Å². The third kappa shape index (κ3) is 4.66. The van der Waals surface area contributed by atoms with E-state index in [9.17, 15) is 9.59 Å². The van der Waals surface area contributed by atoms with E-state index in [-0.39, 0.29) is 30.7 Å². The first kappa shape index (κ1) is 20.6. The van der Waals surface area contributed by atoms with Gasteiger partial charge in [0.25, 0.3) is 0 Å². The number of carboxylic acids is 1. The van der Waals surface area contributed by atoms with Crippen molar-refractivity contribution in [3.8, 4) is 0 Å². The van der Waals surface area contributed by atoms with E-state index in [1.165, 1.54) is 11.1 Å². The van der Waals surface area contributed by atoms with Crippen LogP contribution < -0.4 is 5.32 Å². The normalized spacial score (nSPS) is 26.7. The summed E-state index contributed by atoms with van der Waals surface area (Å²) in [4.78, 5) is 27.6. The van der Waals surface area contributed by atoms with Gasteiger partial charge in [-0.15, -0.1) is 0 Å². The summed E-state index contributed by atoms with van der Waals surface area (Å²) < 4.78 is 0. The number of aryl methyl sites for hydroxylation is 1. The number of aliphatic carboxylic acids is 1. The monoisotopic (exact) mass is 387 g/mol. The van der Waals surface area contributed by atoms with Crippen molar-refractivity contribution in [2.24, 2.45) is 0 Å². The van der Waals surface area contributed by atoms with Gasteiger partial charge in [0.2, 0.25) is 0 Å². The lowest BCUT2D eigenvalue weighted by molar-refractivity contribution is -0.139. The van der Waals surface area contributed by atoms with E-state index in [1.54, 1.807) is 0 Å².